The monoisotopic (exact) mass is 580 g/mol. The first-order valence-electron chi connectivity index (χ1n) is 13.8. The lowest BCUT2D eigenvalue weighted by atomic mass is 10.1. The van der Waals surface area contributed by atoms with E-state index in [-0.39, 0.29) is 11.5 Å². The van der Waals surface area contributed by atoms with Crippen LogP contribution in [0.3, 0.4) is 0 Å². The molecule has 0 aliphatic carbocycles. The quantitative estimate of drug-likeness (QED) is 0.280. The number of aromatic nitrogens is 5. The van der Waals surface area contributed by atoms with Gasteiger partial charge in [-0.1, -0.05) is 12.1 Å². The fraction of sp³-hybridized carbons (Fsp3) is 0.226. The highest BCUT2D eigenvalue weighted by atomic mass is 19.1. The van der Waals surface area contributed by atoms with Crippen LogP contribution in [-0.4, -0.2) is 62.9 Å². The summed E-state index contributed by atoms with van der Waals surface area (Å²) in [6.07, 6.45) is 5.75. The normalized spacial score (nSPS) is 13.2. The second-order valence-electron chi connectivity index (χ2n) is 10.3. The third kappa shape index (κ3) is 6.33. The first-order chi connectivity index (χ1) is 20.8. The third-order valence-corrected chi connectivity index (χ3v) is 7.01. The van der Waals surface area contributed by atoms with Gasteiger partial charge < -0.3 is 20.3 Å². The molecule has 2 aromatic carbocycles. The number of pyridine rings is 1. The number of morpholine rings is 1. The van der Waals surface area contributed by atoms with Gasteiger partial charge >= 0.3 is 6.03 Å². The number of hydrogen-bond donors (Lipinski definition) is 2. The number of anilines is 3. The van der Waals surface area contributed by atoms with Crippen LogP contribution in [-0.2, 0) is 23.0 Å². The Hall–Kier alpha value is -5.23. The molecule has 1 aliphatic rings. The number of benzene rings is 2. The second kappa shape index (κ2) is 11.9. The Morgan fingerprint density at radius 2 is 1.74 bits per heavy atom. The van der Waals surface area contributed by atoms with Crippen LogP contribution < -0.4 is 15.5 Å². The largest absolute Gasteiger partial charge is 0.378 e. The van der Waals surface area contributed by atoms with Crippen molar-refractivity contribution in [1.82, 2.24) is 24.7 Å². The molecule has 1 fully saturated rings. The van der Waals surface area contributed by atoms with Gasteiger partial charge in [-0.3, -0.25) is 14.5 Å². The van der Waals surface area contributed by atoms with E-state index in [1.807, 2.05) is 19.3 Å². The van der Waals surface area contributed by atoms with Gasteiger partial charge in [0.15, 0.2) is 11.6 Å². The molecule has 0 atom stereocenters. The summed E-state index contributed by atoms with van der Waals surface area (Å²) in [6.45, 7) is 3.93. The number of hydrogen-bond acceptors (Lipinski definition) is 8. The number of Topliss-reactive ketones (excluding diaryl/α,β-unsaturated/α-hetero) is 1. The molecular weight excluding hydrogens is 551 g/mol. The number of nitrogens with zero attached hydrogens (tertiary/aromatic N) is 6. The highest BCUT2D eigenvalue weighted by Gasteiger charge is 2.20. The van der Waals surface area contributed by atoms with Crippen molar-refractivity contribution in [1.29, 1.82) is 0 Å². The molecule has 4 heterocycles. The van der Waals surface area contributed by atoms with Crippen LogP contribution in [0.15, 0.2) is 67.1 Å². The van der Waals surface area contributed by atoms with Gasteiger partial charge in [0.05, 0.1) is 30.6 Å². The Kier molecular flexibility index (Phi) is 7.75. The van der Waals surface area contributed by atoms with Crippen molar-refractivity contribution in [3.63, 3.8) is 0 Å². The van der Waals surface area contributed by atoms with Crippen LogP contribution in [0.2, 0.25) is 0 Å². The highest BCUT2D eigenvalue weighted by Crippen LogP contribution is 2.31. The van der Waals surface area contributed by atoms with Crippen molar-refractivity contribution in [2.45, 2.75) is 13.3 Å². The Morgan fingerprint density at radius 3 is 2.44 bits per heavy atom. The average Bonchev–Trinajstić information content (AvgIpc) is 3.44. The second-order valence-corrected chi connectivity index (χ2v) is 10.3. The molecule has 0 unspecified atom stereocenters. The Labute approximate surface area is 246 Å². The van der Waals surface area contributed by atoms with Crippen LogP contribution >= 0.6 is 0 Å². The highest BCUT2D eigenvalue weighted by molar-refractivity contribution is 6.00. The molecule has 43 heavy (non-hydrogen) atoms. The minimum Gasteiger partial charge on any atom is -0.378 e. The zero-order valence-electron chi connectivity index (χ0n) is 23.7. The predicted molar refractivity (Wildman–Crippen MR) is 161 cm³/mol. The van der Waals surface area contributed by atoms with Gasteiger partial charge in [0.1, 0.15) is 17.1 Å². The van der Waals surface area contributed by atoms with Crippen molar-refractivity contribution in [2.24, 2.45) is 7.05 Å². The minimum atomic E-state index is -0.636. The lowest BCUT2D eigenvalue weighted by molar-refractivity contribution is -0.116. The van der Waals surface area contributed by atoms with Crippen molar-refractivity contribution in [3.8, 4) is 22.5 Å². The van der Waals surface area contributed by atoms with E-state index in [9.17, 15) is 9.59 Å². The predicted octanol–water partition coefficient (Wildman–Crippen LogP) is 4.84. The fourth-order valence-electron chi connectivity index (χ4n) is 4.89. The van der Waals surface area contributed by atoms with E-state index in [0.717, 1.165) is 16.7 Å². The minimum absolute atomic E-state index is 0.00386. The summed E-state index contributed by atoms with van der Waals surface area (Å²) in [5, 5.41) is 9.47. The molecule has 2 N–H and O–H groups in total. The number of ether oxygens (including phenoxy) is 1. The van der Waals surface area contributed by atoms with Crippen LogP contribution in [0.4, 0.5) is 26.4 Å². The van der Waals surface area contributed by atoms with Gasteiger partial charge in [-0.25, -0.2) is 19.2 Å². The molecule has 2 amide bonds. The topological polar surface area (TPSA) is 127 Å². The molecule has 5 aromatic rings. The van der Waals surface area contributed by atoms with Gasteiger partial charge in [0.25, 0.3) is 0 Å². The summed E-state index contributed by atoms with van der Waals surface area (Å²) in [5.74, 6) is 0.398. The van der Waals surface area contributed by atoms with Crippen LogP contribution in [0.5, 0.6) is 0 Å². The maximum atomic E-state index is 15.3. The molecule has 11 nitrogen and oxygen atoms in total. The summed E-state index contributed by atoms with van der Waals surface area (Å²) in [6, 6.07) is 12.7. The maximum absolute atomic E-state index is 15.3. The van der Waals surface area contributed by atoms with Gasteiger partial charge in [-0.05, 0) is 48.9 Å². The van der Waals surface area contributed by atoms with Crippen LogP contribution in [0, 0.1) is 5.82 Å². The third-order valence-electron chi connectivity index (χ3n) is 7.01. The summed E-state index contributed by atoms with van der Waals surface area (Å²) < 4.78 is 22.5. The number of rotatable bonds is 7. The summed E-state index contributed by atoms with van der Waals surface area (Å²) >= 11 is 0. The first-order valence-corrected chi connectivity index (χ1v) is 13.8. The molecule has 1 saturated heterocycles. The number of halogens is 1. The SMILES string of the molecule is CC(=O)Cc1ccc(NC(=O)Nc2ccc(-c3nc(N4CCOCC4)c4ncc(-c5cnn(C)c5)cc4n3)cc2F)cc1. The number of carbonyl (C=O) groups is 2. The van der Waals surface area contributed by atoms with E-state index in [1.165, 1.54) is 19.1 Å². The Bertz CT molecular complexity index is 1820. The van der Waals surface area contributed by atoms with Crippen LogP contribution in [0.1, 0.15) is 12.5 Å². The average molecular weight is 581 g/mol. The number of carbonyl (C=O) groups excluding carboxylic acids is 2. The van der Waals surface area contributed by atoms with Crippen molar-refractivity contribution >= 4 is 40.0 Å². The summed E-state index contributed by atoms with van der Waals surface area (Å²) in [4.78, 5) is 40.2. The van der Waals surface area contributed by atoms with Crippen molar-refractivity contribution in [2.75, 3.05) is 41.8 Å². The fourth-order valence-corrected chi connectivity index (χ4v) is 4.89. The Morgan fingerprint density at radius 1 is 0.953 bits per heavy atom. The number of urea groups is 1. The van der Waals surface area contributed by atoms with E-state index in [1.54, 1.807) is 47.4 Å². The summed E-state index contributed by atoms with van der Waals surface area (Å²) in [7, 11) is 1.85. The van der Waals surface area contributed by atoms with E-state index in [0.29, 0.717) is 66.7 Å². The molecule has 3 aromatic heterocycles. The van der Waals surface area contributed by atoms with E-state index < -0.39 is 11.8 Å². The summed E-state index contributed by atoms with van der Waals surface area (Å²) in [5.41, 5.74) is 4.82. The van der Waals surface area contributed by atoms with E-state index in [2.05, 4.69) is 20.6 Å². The number of aryl methyl sites for hydroxylation is 1. The van der Waals surface area contributed by atoms with Gasteiger partial charge in [0.2, 0.25) is 0 Å². The van der Waals surface area contributed by atoms with Gasteiger partial charge in [0, 0.05) is 61.3 Å². The smallest absolute Gasteiger partial charge is 0.323 e. The standard InChI is InChI=1S/C31H29FN8O3/c1-19(41)13-20-3-6-24(7-4-20)35-31(42)37-26-8-5-21(14-25(26)32)29-36-27-15-22(23-17-34-39(2)18-23)16-33-28(27)30(38-29)40-9-11-43-12-10-40/h3-8,14-18H,9-13H2,1-2H3,(H2,35,37,42). The molecule has 218 valence electrons. The molecule has 0 saturated carbocycles. The lowest BCUT2D eigenvalue weighted by Crippen LogP contribution is -2.37. The zero-order valence-corrected chi connectivity index (χ0v) is 23.7. The molecule has 1 aliphatic heterocycles. The Balaban J connectivity index is 1.27. The molecular formula is C31H29FN8O3. The molecule has 6 rings (SSSR count). The van der Waals surface area contributed by atoms with Crippen molar-refractivity contribution < 1.29 is 18.7 Å². The van der Waals surface area contributed by atoms with Gasteiger partial charge in [-0.15, -0.1) is 0 Å². The zero-order chi connectivity index (χ0) is 29.9. The molecule has 0 radical (unpaired) electrons. The first kappa shape index (κ1) is 27.9. The molecule has 0 bridgehead atoms. The molecule has 0 spiro atoms. The number of amides is 2. The number of fused-ring (bicyclic) bond motifs is 1. The van der Waals surface area contributed by atoms with Crippen molar-refractivity contribution in [3.05, 3.63) is 78.5 Å². The van der Waals surface area contributed by atoms with E-state index >= 15 is 4.39 Å². The molecule has 12 heteroatoms. The number of ketones is 1. The lowest BCUT2D eigenvalue weighted by Gasteiger charge is -2.28. The van der Waals surface area contributed by atoms with E-state index in [4.69, 9.17) is 19.7 Å². The van der Waals surface area contributed by atoms with Crippen LogP contribution in [0.25, 0.3) is 33.5 Å². The number of nitrogens with one attached hydrogen (secondary N) is 2. The maximum Gasteiger partial charge on any atom is 0.323 e. The van der Waals surface area contributed by atoms with Gasteiger partial charge in [-0.2, -0.15) is 5.10 Å².